The molecule has 3 atom stereocenters. The van der Waals surface area contributed by atoms with Crippen molar-refractivity contribution in [3.05, 3.63) is 72.9 Å². The van der Waals surface area contributed by atoms with Gasteiger partial charge in [0.05, 0.1) is 39.8 Å². The SMILES string of the molecule is CC/C=C/CC(O)/C=C/C=C/C/C=C/C=C/C(O)/C=C/CCCC(=O)OC(CC(=O)O)C[N+](C)(C)C. The number of ether oxygens (including phenoxy) is 1. The van der Waals surface area contributed by atoms with E-state index in [1.807, 2.05) is 69.8 Å². The number of likely N-dealkylation sites (N-methyl/N-ethyl adjacent to an activating group) is 1. The lowest BCUT2D eigenvalue weighted by Crippen LogP contribution is -2.43. The van der Waals surface area contributed by atoms with Gasteiger partial charge in [0, 0.05) is 6.42 Å². The van der Waals surface area contributed by atoms with E-state index in [-0.39, 0.29) is 12.8 Å². The molecule has 0 bridgehead atoms. The van der Waals surface area contributed by atoms with Crippen LogP contribution in [0.3, 0.4) is 0 Å². The third-order valence-corrected chi connectivity index (χ3v) is 4.72. The van der Waals surface area contributed by atoms with E-state index in [2.05, 4.69) is 6.92 Å². The van der Waals surface area contributed by atoms with Gasteiger partial charge in [0.1, 0.15) is 6.54 Å². The van der Waals surface area contributed by atoms with Gasteiger partial charge in [0.2, 0.25) is 0 Å². The molecule has 7 heteroatoms. The molecule has 0 aliphatic carbocycles. The highest BCUT2D eigenvalue weighted by Gasteiger charge is 2.24. The summed E-state index contributed by atoms with van der Waals surface area (Å²) in [5.41, 5.74) is 0. The fraction of sp³-hybridized carbons (Fsp3) is 0.517. The Kier molecular flexibility index (Phi) is 18.9. The van der Waals surface area contributed by atoms with Crippen LogP contribution in [0.5, 0.6) is 0 Å². The van der Waals surface area contributed by atoms with Crippen LogP contribution in [0, 0.1) is 0 Å². The summed E-state index contributed by atoms with van der Waals surface area (Å²) in [6, 6.07) is 0. The number of allylic oxidation sites excluding steroid dienone is 8. The number of nitrogens with zero attached hydrogens (tertiary/aromatic N) is 1. The van der Waals surface area contributed by atoms with Crippen molar-refractivity contribution in [2.24, 2.45) is 0 Å². The Morgan fingerprint density at radius 1 is 0.889 bits per heavy atom. The van der Waals surface area contributed by atoms with Crippen molar-refractivity contribution in [1.29, 1.82) is 0 Å². The van der Waals surface area contributed by atoms with Crippen LogP contribution in [-0.4, -0.2) is 77.7 Å². The van der Waals surface area contributed by atoms with E-state index < -0.39 is 30.3 Å². The van der Waals surface area contributed by atoms with Crippen LogP contribution >= 0.6 is 0 Å². The molecule has 0 spiro atoms. The van der Waals surface area contributed by atoms with Crippen LogP contribution < -0.4 is 0 Å². The summed E-state index contributed by atoms with van der Waals surface area (Å²) in [5.74, 6) is -1.39. The van der Waals surface area contributed by atoms with Gasteiger partial charge in [0.15, 0.2) is 6.10 Å². The molecular weight excluding hydrogens is 458 g/mol. The number of hydrogen-bond donors (Lipinski definition) is 3. The number of hydrogen-bond acceptors (Lipinski definition) is 5. The predicted octanol–water partition coefficient (Wildman–Crippen LogP) is 4.50. The molecule has 0 fully saturated rings. The molecule has 3 unspecified atom stereocenters. The zero-order chi connectivity index (χ0) is 27.2. The number of aliphatic carboxylic acids is 1. The smallest absolute Gasteiger partial charge is 0.307 e. The molecule has 0 saturated heterocycles. The molecule has 0 aliphatic rings. The molecule has 0 heterocycles. The molecule has 0 amide bonds. The zero-order valence-electron chi connectivity index (χ0n) is 22.3. The highest BCUT2D eigenvalue weighted by Crippen LogP contribution is 2.08. The summed E-state index contributed by atoms with van der Waals surface area (Å²) in [7, 11) is 5.75. The highest BCUT2D eigenvalue weighted by molar-refractivity contribution is 5.71. The van der Waals surface area contributed by atoms with Gasteiger partial charge in [-0.2, -0.15) is 0 Å². The third-order valence-electron chi connectivity index (χ3n) is 4.72. The molecule has 0 aromatic heterocycles. The molecule has 0 aliphatic heterocycles. The minimum atomic E-state index is -0.989. The first-order chi connectivity index (χ1) is 17.0. The first kappa shape index (κ1) is 33.3. The molecule has 0 saturated carbocycles. The Balaban J connectivity index is 4.15. The Morgan fingerprint density at radius 2 is 1.56 bits per heavy atom. The average Bonchev–Trinajstić information content (AvgIpc) is 2.76. The quantitative estimate of drug-likeness (QED) is 0.0787. The third kappa shape index (κ3) is 23.0. The lowest BCUT2D eigenvalue weighted by atomic mass is 10.2. The number of quaternary nitrogens is 1. The lowest BCUT2D eigenvalue weighted by molar-refractivity contribution is -0.873. The van der Waals surface area contributed by atoms with Gasteiger partial charge < -0.3 is 24.5 Å². The maximum Gasteiger partial charge on any atom is 0.307 e. The number of aliphatic hydroxyl groups excluding tert-OH is 2. The highest BCUT2D eigenvalue weighted by atomic mass is 16.5. The van der Waals surface area contributed by atoms with Gasteiger partial charge in [-0.25, -0.2) is 0 Å². The first-order valence-corrected chi connectivity index (χ1v) is 12.6. The van der Waals surface area contributed by atoms with E-state index >= 15 is 0 Å². The number of rotatable bonds is 19. The topological polar surface area (TPSA) is 104 Å². The summed E-state index contributed by atoms with van der Waals surface area (Å²) in [6.07, 6.45) is 23.9. The van der Waals surface area contributed by atoms with Crippen LogP contribution in [-0.2, 0) is 14.3 Å². The van der Waals surface area contributed by atoms with E-state index in [9.17, 15) is 19.8 Å². The second-order valence-electron chi connectivity index (χ2n) is 9.54. The van der Waals surface area contributed by atoms with E-state index in [1.165, 1.54) is 0 Å². The van der Waals surface area contributed by atoms with Crippen LogP contribution in [0.4, 0.5) is 0 Å². The molecule has 202 valence electrons. The minimum absolute atomic E-state index is 0.198. The number of carbonyl (C=O) groups is 2. The van der Waals surface area contributed by atoms with Crippen molar-refractivity contribution in [2.75, 3.05) is 27.7 Å². The van der Waals surface area contributed by atoms with Crippen molar-refractivity contribution in [3.8, 4) is 0 Å². The number of aliphatic hydroxyl groups is 2. The molecule has 0 aromatic carbocycles. The van der Waals surface area contributed by atoms with Crippen molar-refractivity contribution >= 4 is 11.9 Å². The second-order valence-corrected chi connectivity index (χ2v) is 9.54. The van der Waals surface area contributed by atoms with Crippen LogP contribution in [0.15, 0.2) is 72.9 Å². The van der Waals surface area contributed by atoms with Crippen molar-refractivity contribution in [1.82, 2.24) is 0 Å². The molecule has 36 heavy (non-hydrogen) atoms. The maximum absolute atomic E-state index is 12.0. The van der Waals surface area contributed by atoms with E-state index in [4.69, 9.17) is 9.84 Å². The van der Waals surface area contributed by atoms with Crippen LogP contribution in [0.1, 0.15) is 51.9 Å². The van der Waals surface area contributed by atoms with Gasteiger partial charge in [-0.3, -0.25) is 9.59 Å². The van der Waals surface area contributed by atoms with Crippen LogP contribution in [0.25, 0.3) is 0 Å². The number of carboxylic acid groups (broad SMARTS) is 1. The summed E-state index contributed by atoms with van der Waals surface area (Å²) in [6.45, 7) is 2.49. The van der Waals surface area contributed by atoms with Crippen molar-refractivity contribution < 1.29 is 34.1 Å². The van der Waals surface area contributed by atoms with Gasteiger partial charge >= 0.3 is 11.9 Å². The van der Waals surface area contributed by atoms with Gasteiger partial charge in [0.25, 0.3) is 0 Å². The normalized spacial score (nSPS) is 15.7. The van der Waals surface area contributed by atoms with Gasteiger partial charge in [-0.15, -0.1) is 0 Å². The fourth-order valence-corrected chi connectivity index (χ4v) is 3.10. The second kappa shape index (κ2) is 20.5. The molecule has 0 radical (unpaired) electrons. The molecule has 0 aromatic rings. The molecule has 3 N–H and O–H groups in total. The van der Waals surface area contributed by atoms with E-state index in [0.717, 1.165) is 12.8 Å². The first-order valence-electron chi connectivity index (χ1n) is 12.6. The van der Waals surface area contributed by atoms with Crippen LogP contribution in [0.2, 0.25) is 0 Å². The number of carboxylic acids is 1. The van der Waals surface area contributed by atoms with Crippen molar-refractivity contribution in [2.45, 2.75) is 70.2 Å². The number of unbranched alkanes of at least 4 members (excludes halogenated alkanes) is 1. The Bertz CT molecular complexity index is 786. The molecule has 7 nitrogen and oxygen atoms in total. The van der Waals surface area contributed by atoms with Gasteiger partial charge in [-0.05, 0) is 32.1 Å². The summed E-state index contributed by atoms with van der Waals surface area (Å²) in [4.78, 5) is 23.0. The van der Waals surface area contributed by atoms with Gasteiger partial charge in [-0.1, -0.05) is 79.8 Å². The number of esters is 1. The predicted molar refractivity (Wildman–Crippen MR) is 145 cm³/mol. The average molecular weight is 505 g/mol. The fourth-order valence-electron chi connectivity index (χ4n) is 3.10. The monoisotopic (exact) mass is 504 g/mol. The van der Waals surface area contributed by atoms with E-state index in [0.29, 0.717) is 30.3 Å². The molecular formula is C29H46NO6+. The lowest BCUT2D eigenvalue weighted by Gasteiger charge is -2.28. The van der Waals surface area contributed by atoms with Crippen molar-refractivity contribution in [3.63, 3.8) is 0 Å². The minimum Gasteiger partial charge on any atom is -0.481 e. The Morgan fingerprint density at radius 3 is 2.17 bits per heavy atom. The largest absolute Gasteiger partial charge is 0.481 e. The summed E-state index contributed by atoms with van der Waals surface area (Å²) >= 11 is 0. The van der Waals surface area contributed by atoms with E-state index in [1.54, 1.807) is 24.3 Å². The Hall–Kier alpha value is -2.74. The molecule has 0 rings (SSSR count). The summed E-state index contributed by atoms with van der Waals surface area (Å²) in [5, 5.41) is 28.7. The Labute approximate surface area is 217 Å². The standard InChI is InChI=1S/C29H45NO6/c1-5-6-13-18-25(31)19-14-10-8-7-9-11-15-20-26(32)21-16-12-17-22-29(35)36-27(23-28(33)34)24-30(2,3)4/h6,8-11,13-16,19-21,25-27,31-32H,5,7,12,17-18,22-24H2,1-4H3/p+1/b10-8+,11-9+,13-6+,19-14+,20-15+,21-16+. The number of carbonyl (C=O) groups excluding carboxylic acids is 1. The summed E-state index contributed by atoms with van der Waals surface area (Å²) < 4.78 is 5.86. The maximum atomic E-state index is 12.0. The zero-order valence-corrected chi connectivity index (χ0v) is 22.3.